The Labute approximate surface area is 140 Å². The molecule has 0 spiro atoms. The topological polar surface area (TPSA) is 60.9 Å². The molecule has 5 nitrogen and oxygen atoms in total. The molecule has 2 heterocycles. The first kappa shape index (κ1) is 16.5. The van der Waals surface area contributed by atoms with Crippen molar-refractivity contribution in [1.29, 1.82) is 0 Å². The predicted molar refractivity (Wildman–Crippen MR) is 89.4 cm³/mol. The van der Waals surface area contributed by atoms with Crippen LogP contribution in [0.15, 0.2) is 17.5 Å². The summed E-state index contributed by atoms with van der Waals surface area (Å²) in [6.45, 7) is 0.993. The van der Waals surface area contributed by atoms with Gasteiger partial charge in [0.05, 0.1) is 11.0 Å². The Kier molecular flexibility index (Phi) is 5.02. The molecule has 126 valence electrons. The Morgan fingerprint density at radius 3 is 2.83 bits per heavy atom. The minimum Gasteiger partial charge on any atom is -0.391 e. The molecule has 1 aliphatic heterocycles. The zero-order valence-corrected chi connectivity index (χ0v) is 14.3. The third-order valence-corrected chi connectivity index (χ3v) is 5.64. The van der Waals surface area contributed by atoms with E-state index in [0.29, 0.717) is 30.3 Å². The first-order valence-corrected chi connectivity index (χ1v) is 9.23. The van der Waals surface area contributed by atoms with Crippen LogP contribution in [0.4, 0.5) is 0 Å². The number of amides is 2. The van der Waals surface area contributed by atoms with Crippen LogP contribution in [0.5, 0.6) is 0 Å². The van der Waals surface area contributed by atoms with Crippen LogP contribution in [0.25, 0.3) is 0 Å². The van der Waals surface area contributed by atoms with Crippen molar-refractivity contribution in [2.45, 2.75) is 44.2 Å². The second-order valence-corrected chi connectivity index (χ2v) is 7.56. The summed E-state index contributed by atoms with van der Waals surface area (Å²) in [7, 11) is 1.73. The van der Waals surface area contributed by atoms with Crippen molar-refractivity contribution in [3.8, 4) is 0 Å². The number of carbonyl (C=O) groups is 2. The van der Waals surface area contributed by atoms with Gasteiger partial charge in [-0.25, -0.2) is 0 Å². The molecular formula is C17H24N2O3S. The van der Waals surface area contributed by atoms with Crippen LogP contribution in [0.1, 0.15) is 41.8 Å². The summed E-state index contributed by atoms with van der Waals surface area (Å²) < 4.78 is 0. The molecular weight excluding hydrogens is 312 g/mol. The molecule has 1 aliphatic carbocycles. The van der Waals surface area contributed by atoms with E-state index in [1.807, 2.05) is 17.5 Å². The second kappa shape index (κ2) is 7.01. The number of thiophene rings is 1. The van der Waals surface area contributed by atoms with E-state index in [0.717, 1.165) is 25.7 Å². The van der Waals surface area contributed by atoms with Crippen LogP contribution >= 0.6 is 11.3 Å². The van der Waals surface area contributed by atoms with E-state index < -0.39 is 12.1 Å². The Morgan fingerprint density at radius 1 is 1.39 bits per heavy atom. The van der Waals surface area contributed by atoms with Crippen molar-refractivity contribution < 1.29 is 14.7 Å². The summed E-state index contributed by atoms with van der Waals surface area (Å²) in [6, 6.07) is 3.27. The number of hydrogen-bond donors (Lipinski definition) is 1. The van der Waals surface area contributed by atoms with Crippen LogP contribution in [0.2, 0.25) is 0 Å². The van der Waals surface area contributed by atoms with Gasteiger partial charge in [0.1, 0.15) is 6.04 Å². The maximum atomic E-state index is 12.8. The Hall–Kier alpha value is -1.40. The quantitative estimate of drug-likeness (QED) is 0.894. The number of nitrogens with zero attached hydrogens (tertiary/aromatic N) is 2. The van der Waals surface area contributed by atoms with Gasteiger partial charge in [0.25, 0.3) is 5.91 Å². The number of carbonyl (C=O) groups excluding carboxylic acids is 2. The van der Waals surface area contributed by atoms with E-state index in [9.17, 15) is 14.7 Å². The molecule has 1 aromatic rings. The van der Waals surface area contributed by atoms with Gasteiger partial charge in [-0.05, 0) is 49.5 Å². The summed E-state index contributed by atoms with van der Waals surface area (Å²) in [5, 5.41) is 11.9. The van der Waals surface area contributed by atoms with Gasteiger partial charge < -0.3 is 14.9 Å². The molecule has 2 unspecified atom stereocenters. The van der Waals surface area contributed by atoms with Gasteiger partial charge in [-0.3, -0.25) is 9.59 Å². The van der Waals surface area contributed by atoms with Gasteiger partial charge in [-0.15, -0.1) is 11.3 Å². The van der Waals surface area contributed by atoms with E-state index in [-0.39, 0.29) is 11.8 Å². The minimum atomic E-state index is -0.436. The average molecular weight is 336 g/mol. The molecule has 6 heteroatoms. The van der Waals surface area contributed by atoms with E-state index >= 15 is 0 Å². The first-order chi connectivity index (χ1) is 11.1. The van der Waals surface area contributed by atoms with Crippen molar-refractivity contribution in [3.63, 3.8) is 0 Å². The van der Waals surface area contributed by atoms with Crippen molar-refractivity contribution in [2.75, 3.05) is 20.1 Å². The van der Waals surface area contributed by atoms with Gasteiger partial charge in [0.2, 0.25) is 5.91 Å². The minimum absolute atomic E-state index is 0.0469. The summed E-state index contributed by atoms with van der Waals surface area (Å²) >= 11 is 1.41. The predicted octanol–water partition coefficient (Wildman–Crippen LogP) is 1.97. The summed E-state index contributed by atoms with van der Waals surface area (Å²) in [6.07, 6.45) is 4.28. The highest BCUT2D eigenvalue weighted by molar-refractivity contribution is 7.12. The molecule has 1 N–H and O–H groups in total. The zero-order chi connectivity index (χ0) is 16.4. The van der Waals surface area contributed by atoms with Crippen molar-refractivity contribution in [3.05, 3.63) is 22.4 Å². The smallest absolute Gasteiger partial charge is 0.264 e. The third-order valence-electron chi connectivity index (χ3n) is 4.78. The van der Waals surface area contributed by atoms with Gasteiger partial charge in [0, 0.05) is 20.1 Å². The highest BCUT2D eigenvalue weighted by Gasteiger charge is 2.36. The Morgan fingerprint density at radius 2 is 2.17 bits per heavy atom. The molecule has 2 atom stereocenters. The lowest BCUT2D eigenvalue weighted by Gasteiger charge is -2.37. The van der Waals surface area contributed by atoms with Gasteiger partial charge in [0.15, 0.2) is 0 Å². The standard InChI is InChI=1S/C17H24N2O3S/c1-18(11-14(20)12-7-8-12)16(21)13-5-2-3-9-19(13)17(22)15-6-4-10-23-15/h4,6,10,12-14,20H,2-3,5,7-9,11H2,1H3. The van der Waals surface area contributed by atoms with Crippen molar-refractivity contribution in [1.82, 2.24) is 9.80 Å². The summed E-state index contributed by atoms with van der Waals surface area (Å²) in [5.74, 6) is 0.254. The van der Waals surface area contributed by atoms with Crippen molar-refractivity contribution in [2.24, 2.45) is 5.92 Å². The number of likely N-dealkylation sites (tertiary alicyclic amines) is 1. The van der Waals surface area contributed by atoms with Crippen LogP contribution in [0, 0.1) is 5.92 Å². The molecule has 0 aromatic carbocycles. The van der Waals surface area contributed by atoms with Crippen LogP contribution in [-0.4, -0.2) is 59.0 Å². The normalized spacial score (nSPS) is 22.7. The lowest BCUT2D eigenvalue weighted by atomic mass is 10.0. The van der Waals surface area contributed by atoms with Gasteiger partial charge in [-0.2, -0.15) is 0 Å². The molecule has 3 rings (SSSR count). The van der Waals surface area contributed by atoms with Crippen LogP contribution in [-0.2, 0) is 4.79 Å². The van der Waals surface area contributed by atoms with E-state index in [1.54, 1.807) is 16.8 Å². The summed E-state index contributed by atoms with van der Waals surface area (Å²) in [4.78, 5) is 29.5. The molecule has 1 aromatic heterocycles. The van der Waals surface area contributed by atoms with Gasteiger partial charge >= 0.3 is 0 Å². The lowest BCUT2D eigenvalue weighted by Crippen LogP contribution is -2.53. The monoisotopic (exact) mass is 336 g/mol. The zero-order valence-electron chi connectivity index (χ0n) is 13.5. The van der Waals surface area contributed by atoms with E-state index in [1.165, 1.54) is 11.3 Å². The van der Waals surface area contributed by atoms with E-state index in [4.69, 9.17) is 0 Å². The molecule has 2 aliphatic rings. The number of piperidine rings is 1. The molecule has 2 amide bonds. The SMILES string of the molecule is CN(CC(O)C1CC1)C(=O)C1CCCCN1C(=O)c1cccs1. The molecule has 23 heavy (non-hydrogen) atoms. The summed E-state index contributed by atoms with van der Waals surface area (Å²) in [5.41, 5.74) is 0. The molecule has 0 bridgehead atoms. The molecule has 0 radical (unpaired) electrons. The largest absolute Gasteiger partial charge is 0.391 e. The first-order valence-electron chi connectivity index (χ1n) is 8.35. The number of rotatable bonds is 5. The number of hydrogen-bond acceptors (Lipinski definition) is 4. The maximum absolute atomic E-state index is 12.8. The van der Waals surface area contributed by atoms with E-state index in [2.05, 4.69) is 0 Å². The number of aliphatic hydroxyl groups excluding tert-OH is 1. The third kappa shape index (κ3) is 3.75. The molecule has 2 fully saturated rings. The van der Waals surface area contributed by atoms with Crippen LogP contribution in [0.3, 0.4) is 0 Å². The fourth-order valence-electron chi connectivity index (χ4n) is 3.23. The number of aliphatic hydroxyl groups is 1. The van der Waals surface area contributed by atoms with Crippen LogP contribution < -0.4 is 0 Å². The fraction of sp³-hybridized carbons (Fsp3) is 0.647. The maximum Gasteiger partial charge on any atom is 0.264 e. The fourth-order valence-corrected chi connectivity index (χ4v) is 3.91. The highest BCUT2D eigenvalue weighted by Crippen LogP contribution is 2.33. The molecule has 1 saturated heterocycles. The average Bonchev–Trinajstić information content (AvgIpc) is 3.28. The number of likely N-dealkylation sites (N-methyl/N-ethyl adjacent to an activating group) is 1. The van der Waals surface area contributed by atoms with Gasteiger partial charge in [-0.1, -0.05) is 6.07 Å². The Balaban J connectivity index is 1.67. The Bertz CT molecular complexity index is 556. The lowest BCUT2D eigenvalue weighted by molar-refractivity contribution is -0.137. The second-order valence-electron chi connectivity index (χ2n) is 6.61. The van der Waals surface area contributed by atoms with Crippen molar-refractivity contribution >= 4 is 23.2 Å². The highest BCUT2D eigenvalue weighted by atomic mass is 32.1. The molecule has 1 saturated carbocycles.